The van der Waals surface area contributed by atoms with E-state index in [9.17, 15) is 22.8 Å². The number of nitrogens with zero attached hydrogens (tertiary/aromatic N) is 7. The number of hydrogen-bond acceptors (Lipinski definition) is 12. The molecule has 0 saturated carbocycles. The van der Waals surface area contributed by atoms with Gasteiger partial charge in [-0.2, -0.15) is 4.39 Å². The zero-order chi connectivity index (χ0) is 39.6. The number of anilines is 2. The summed E-state index contributed by atoms with van der Waals surface area (Å²) in [5, 5.41) is 14.0. The quantitative estimate of drug-likeness (QED) is 0.0777. The zero-order valence-corrected chi connectivity index (χ0v) is 31.8. The van der Waals surface area contributed by atoms with E-state index >= 15 is 0 Å². The number of fused-ring (bicyclic) bond motifs is 1. The van der Waals surface area contributed by atoms with Gasteiger partial charge in [0.05, 0.1) is 48.8 Å². The summed E-state index contributed by atoms with van der Waals surface area (Å²) in [6.45, 7) is 0.400. The third-order valence-corrected chi connectivity index (χ3v) is 10.9. The maximum absolute atomic E-state index is 14.7. The molecule has 0 bridgehead atoms. The van der Waals surface area contributed by atoms with E-state index in [4.69, 9.17) is 42.7 Å². The lowest BCUT2D eigenvalue weighted by Gasteiger charge is -2.44. The van der Waals surface area contributed by atoms with Crippen LogP contribution in [0.2, 0.25) is 10.0 Å². The number of aromatic nitrogens is 6. The molecule has 7 rings (SSSR count). The lowest BCUT2D eigenvalue weighted by atomic mass is 9.84. The summed E-state index contributed by atoms with van der Waals surface area (Å²) < 4.78 is 74.9. The van der Waals surface area contributed by atoms with Gasteiger partial charge in [-0.1, -0.05) is 23.2 Å². The minimum atomic E-state index is -4.30. The van der Waals surface area contributed by atoms with Gasteiger partial charge in [-0.15, -0.1) is 0 Å². The van der Waals surface area contributed by atoms with Crippen LogP contribution in [0.25, 0.3) is 22.6 Å². The van der Waals surface area contributed by atoms with Gasteiger partial charge >= 0.3 is 7.75 Å². The Hall–Kier alpha value is -5.19. The van der Waals surface area contributed by atoms with Crippen LogP contribution in [0.1, 0.15) is 18.4 Å². The predicted octanol–water partition coefficient (Wildman–Crippen LogP) is 7.39. The average Bonchev–Trinajstić information content (AvgIpc) is 3.59. The molecule has 0 unspecified atom stereocenters. The Labute approximate surface area is 328 Å². The van der Waals surface area contributed by atoms with E-state index in [-0.39, 0.29) is 53.8 Å². The van der Waals surface area contributed by atoms with E-state index in [0.29, 0.717) is 45.6 Å². The monoisotopic (exact) mass is 829 g/mol. The molecular formula is C36H33Cl2F3N9O5P. The normalized spacial score (nSPS) is 16.6. The molecule has 1 aliphatic heterocycles. The molecule has 2 aromatic carbocycles. The SMILES string of the molecule is COc1ccc(-c2cc(Cn3cnc4c(NP(=O)(Oc5ccc(Cl)cc5)Oc5ccc(Cl)cc5)ncnc43)c(N3CCC[C@](N)([C@@H](O)C(F)F)C3)cn2)nc1F. The molecule has 6 aromatic rings. The molecule has 4 aromatic heterocycles. The second-order valence-corrected chi connectivity index (χ2v) is 15.3. The Morgan fingerprint density at radius 1 is 0.982 bits per heavy atom. The number of halogens is 5. The first kappa shape index (κ1) is 39.1. The summed E-state index contributed by atoms with van der Waals surface area (Å²) in [7, 11) is -2.98. The van der Waals surface area contributed by atoms with E-state index in [0.717, 1.165) is 0 Å². The molecule has 0 spiro atoms. The first-order valence-electron chi connectivity index (χ1n) is 17.0. The van der Waals surface area contributed by atoms with Crippen molar-refractivity contribution >= 4 is 53.6 Å². The van der Waals surface area contributed by atoms with E-state index < -0.39 is 31.8 Å². The van der Waals surface area contributed by atoms with Gasteiger partial charge in [-0.3, -0.25) is 10.1 Å². The fourth-order valence-electron chi connectivity index (χ4n) is 6.29. The Bertz CT molecular complexity index is 2350. The lowest BCUT2D eigenvalue weighted by Crippen LogP contribution is -2.63. The van der Waals surface area contributed by atoms with Gasteiger partial charge in [-0.25, -0.2) is 33.3 Å². The molecule has 0 aliphatic carbocycles. The number of alkyl halides is 2. The highest BCUT2D eigenvalue weighted by Gasteiger charge is 2.43. The van der Waals surface area contributed by atoms with Crippen molar-refractivity contribution in [3.05, 3.63) is 107 Å². The van der Waals surface area contributed by atoms with Gasteiger partial charge in [0.25, 0.3) is 12.4 Å². The first-order valence-corrected chi connectivity index (χ1v) is 19.3. The standard InChI is InChI=1S/C36H33Cl2F3N9O5P/c1-53-29-12-11-26(47-33(29)41)27-15-21(28(16-43-27)49-14-2-13-36(42,18-49)31(51)32(39)40)17-50-20-46-30-34(44-19-45-35(30)50)48-56(52,54-24-7-3-22(37)4-8-24)55-25-9-5-23(38)6-10-25/h3-12,15-16,19-20,31-32,51H,2,13-14,17-18,42H2,1H3,(H,44,45,48,52)/t31-,36+/m0/s1. The number of pyridine rings is 2. The van der Waals surface area contributed by atoms with Crippen molar-refractivity contribution < 1.29 is 36.6 Å². The van der Waals surface area contributed by atoms with Crippen LogP contribution in [-0.4, -0.2) is 72.9 Å². The van der Waals surface area contributed by atoms with Gasteiger partial charge in [-0.05, 0) is 85.1 Å². The molecule has 4 N–H and O–H groups in total. The van der Waals surface area contributed by atoms with Gasteiger partial charge < -0.3 is 34.1 Å². The van der Waals surface area contributed by atoms with Crippen molar-refractivity contribution in [1.29, 1.82) is 0 Å². The van der Waals surface area contributed by atoms with Crippen molar-refractivity contribution in [2.24, 2.45) is 5.73 Å². The summed E-state index contributed by atoms with van der Waals surface area (Å²) in [6.07, 6.45) is -0.269. The van der Waals surface area contributed by atoms with Crippen LogP contribution < -0.4 is 29.5 Å². The maximum Gasteiger partial charge on any atom is 0.542 e. The summed E-state index contributed by atoms with van der Waals surface area (Å²) in [5.74, 6) is -0.507. The number of nitrogens with one attached hydrogen (secondary N) is 1. The van der Waals surface area contributed by atoms with Crippen molar-refractivity contribution in [3.63, 3.8) is 0 Å². The minimum Gasteiger partial charge on any atom is -0.492 e. The molecular weight excluding hydrogens is 797 g/mol. The van der Waals surface area contributed by atoms with Crippen molar-refractivity contribution in [3.8, 4) is 28.6 Å². The predicted molar refractivity (Wildman–Crippen MR) is 204 cm³/mol. The van der Waals surface area contributed by atoms with E-state index in [2.05, 4.69) is 30.0 Å². The van der Waals surface area contributed by atoms with Crippen LogP contribution in [0.4, 0.5) is 24.7 Å². The highest BCUT2D eigenvalue weighted by Crippen LogP contribution is 2.49. The Balaban J connectivity index is 1.25. The first-order chi connectivity index (χ1) is 26.8. The van der Waals surface area contributed by atoms with Crippen LogP contribution in [0.15, 0.2) is 85.6 Å². The van der Waals surface area contributed by atoms with Crippen molar-refractivity contribution in [2.75, 3.05) is 30.2 Å². The Morgan fingerprint density at radius 2 is 1.66 bits per heavy atom. The van der Waals surface area contributed by atoms with E-state index in [1.165, 1.54) is 56.3 Å². The van der Waals surface area contributed by atoms with Crippen molar-refractivity contribution in [2.45, 2.75) is 37.5 Å². The number of ether oxygens (including phenoxy) is 1. The number of piperidine rings is 1. The average molecular weight is 831 g/mol. The number of imidazole rings is 1. The van der Waals surface area contributed by atoms with Crippen LogP contribution in [0, 0.1) is 5.95 Å². The number of benzene rings is 2. The summed E-state index contributed by atoms with van der Waals surface area (Å²) in [4.78, 5) is 23.6. The molecule has 1 saturated heterocycles. The highest BCUT2D eigenvalue weighted by molar-refractivity contribution is 7.56. The lowest BCUT2D eigenvalue weighted by molar-refractivity contribution is -0.0529. The maximum atomic E-state index is 14.7. The van der Waals surface area contributed by atoms with E-state index in [1.54, 1.807) is 45.9 Å². The molecule has 14 nitrogen and oxygen atoms in total. The molecule has 0 amide bonds. The molecule has 1 fully saturated rings. The van der Waals surface area contributed by atoms with Crippen LogP contribution >= 0.6 is 30.9 Å². The topological polar surface area (TPSA) is 176 Å². The third kappa shape index (κ3) is 8.46. The van der Waals surface area contributed by atoms with Gasteiger partial charge in [0.2, 0.25) is 0 Å². The smallest absolute Gasteiger partial charge is 0.492 e. The second-order valence-electron chi connectivity index (χ2n) is 12.9. The third-order valence-electron chi connectivity index (χ3n) is 9.05. The molecule has 20 heteroatoms. The van der Waals surface area contributed by atoms with Crippen LogP contribution in [-0.2, 0) is 11.1 Å². The fourth-order valence-corrected chi connectivity index (χ4v) is 7.89. The summed E-state index contributed by atoms with van der Waals surface area (Å²) >= 11 is 12.1. The number of aliphatic hydroxyl groups excluding tert-OH is 1. The van der Waals surface area contributed by atoms with E-state index in [1.807, 2.05) is 0 Å². The largest absolute Gasteiger partial charge is 0.542 e. The van der Waals surface area contributed by atoms with Crippen molar-refractivity contribution in [1.82, 2.24) is 29.5 Å². The van der Waals surface area contributed by atoms with Crippen LogP contribution in [0.5, 0.6) is 17.2 Å². The summed E-state index contributed by atoms with van der Waals surface area (Å²) in [6, 6.07) is 17.0. The zero-order valence-electron chi connectivity index (χ0n) is 29.4. The summed E-state index contributed by atoms with van der Waals surface area (Å²) in [5.41, 5.74) is 6.88. The Morgan fingerprint density at radius 3 is 2.29 bits per heavy atom. The van der Waals surface area contributed by atoms with Crippen LogP contribution in [0.3, 0.4) is 0 Å². The Kier molecular flexibility index (Phi) is 11.2. The fraction of sp³-hybridized carbons (Fsp3) is 0.250. The number of hydrogen-bond donors (Lipinski definition) is 3. The van der Waals surface area contributed by atoms with Gasteiger partial charge in [0, 0.05) is 23.1 Å². The molecule has 1 aliphatic rings. The second kappa shape index (κ2) is 16.1. The van der Waals surface area contributed by atoms with Gasteiger partial charge in [0.15, 0.2) is 22.7 Å². The number of methoxy groups -OCH3 is 1. The molecule has 2 atom stereocenters. The molecule has 292 valence electrons. The number of nitrogens with two attached hydrogens (primary N) is 1. The molecule has 56 heavy (non-hydrogen) atoms. The molecule has 5 heterocycles. The van der Waals surface area contributed by atoms with Gasteiger partial charge in [0.1, 0.15) is 23.9 Å². The minimum absolute atomic E-state index is 0.0125. The number of aliphatic hydroxyl groups is 1. The number of rotatable bonds is 13. The highest BCUT2D eigenvalue weighted by atomic mass is 35.5. The molecule has 0 radical (unpaired) electrons.